The fraction of sp³-hybridized carbons (Fsp3) is 0.143. The number of aromatic nitrogens is 1. The van der Waals surface area contributed by atoms with Crippen LogP contribution in [-0.2, 0) is 6.54 Å². The average molecular weight is 268 g/mol. The Balaban J connectivity index is 2.23. The van der Waals surface area contributed by atoms with E-state index >= 15 is 0 Å². The van der Waals surface area contributed by atoms with E-state index in [1.165, 1.54) is 6.07 Å². The molecule has 1 heterocycles. The second-order valence-corrected chi connectivity index (χ2v) is 4.23. The topological polar surface area (TPSA) is 91.8 Å². The van der Waals surface area contributed by atoms with Gasteiger partial charge in [-0.3, -0.25) is 15.1 Å². The molecule has 0 radical (unpaired) electrons. The number of nitro benzene ring substituents is 1. The third-order valence-corrected chi connectivity index (χ3v) is 2.79. The predicted octanol–water partition coefficient (Wildman–Crippen LogP) is 2.78. The van der Waals surface area contributed by atoms with Crippen molar-refractivity contribution in [1.82, 2.24) is 4.98 Å². The molecule has 0 bridgehead atoms. The minimum absolute atomic E-state index is 0.0435. The highest BCUT2D eigenvalue weighted by atomic mass is 16.6. The van der Waals surface area contributed by atoms with Crippen LogP contribution in [0.4, 0.5) is 11.4 Å². The zero-order chi connectivity index (χ0) is 14.5. The molecule has 0 atom stereocenters. The number of nitrogens with zero attached hydrogens (tertiary/aromatic N) is 3. The van der Waals surface area contributed by atoms with Gasteiger partial charge in [-0.25, -0.2) is 0 Å². The Kier molecular flexibility index (Phi) is 3.91. The number of hydrogen-bond acceptors (Lipinski definition) is 5. The van der Waals surface area contributed by atoms with Crippen LogP contribution in [0.1, 0.15) is 16.8 Å². The van der Waals surface area contributed by atoms with Gasteiger partial charge in [-0.05, 0) is 30.7 Å². The van der Waals surface area contributed by atoms with Gasteiger partial charge in [-0.15, -0.1) is 0 Å². The maximum atomic E-state index is 11.1. The van der Waals surface area contributed by atoms with Gasteiger partial charge in [-0.1, -0.05) is 12.1 Å². The molecule has 6 nitrogen and oxygen atoms in total. The highest BCUT2D eigenvalue weighted by Crippen LogP contribution is 2.28. The van der Waals surface area contributed by atoms with Crippen LogP contribution in [0.25, 0.3) is 0 Å². The lowest BCUT2D eigenvalue weighted by atomic mass is 10.1. The van der Waals surface area contributed by atoms with Crippen LogP contribution in [0, 0.1) is 28.4 Å². The van der Waals surface area contributed by atoms with Crippen LogP contribution in [0.2, 0.25) is 0 Å². The number of benzene rings is 1. The molecule has 100 valence electrons. The highest BCUT2D eigenvalue weighted by Gasteiger charge is 2.19. The number of nitrogens with one attached hydrogen (secondary N) is 1. The molecule has 2 rings (SSSR count). The van der Waals surface area contributed by atoms with Crippen LogP contribution in [0.5, 0.6) is 0 Å². The number of pyridine rings is 1. The lowest BCUT2D eigenvalue weighted by molar-refractivity contribution is -0.384. The van der Waals surface area contributed by atoms with Crippen molar-refractivity contribution >= 4 is 11.4 Å². The third kappa shape index (κ3) is 2.90. The van der Waals surface area contributed by atoms with Gasteiger partial charge < -0.3 is 5.32 Å². The van der Waals surface area contributed by atoms with E-state index in [2.05, 4.69) is 10.3 Å². The molecular formula is C14H12N4O2. The van der Waals surface area contributed by atoms with E-state index in [0.717, 1.165) is 11.3 Å². The molecule has 0 unspecified atom stereocenters. The first-order valence-corrected chi connectivity index (χ1v) is 5.94. The quantitative estimate of drug-likeness (QED) is 0.680. The summed E-state index contributed by atoms with van der Waals surface area (Å²) in [4.78, 5) is 14.7. The number of nitro groups is 1. The Morgan fingerprint density at radius 1 is 1.40 bits per heavy atom. The van der Waals surface area contributed by atoms with Crippen LogP contribution in [-0.4, -0.2) is 9.91 Å². The smallest absolute Gasteiger partial charge is 0.309 e. The van der Waals surface area contributed by atoms with E-state index < -0.39 is 4.92 Å². The number of nitriles is 1. The normalized spacial score (nSPS) is 9.80. The molecule has 0 aliphatic carbocycles. The van der Waals surface area contributed by atoms with Gasteiger partial charge >= 0.3 is 5.69 Å². The highest BCUT2D eigenvalue weighted by molar-refractivity contribution is 5.68. The fourth-order valence-corrected chi connectivity index (χ4v) is 1.77. The molecule has 0 spiro atoms. The van der Waals surface area contributed by atoms with Crippen LogP contribution in [0.15, 0.2) is 36.5 Å². The van der Waals surface area contributed by atoms with E-state index in [1.54, 1.807) is 18.3 Å². The minimum Gasteiger partial charge on any atom is -0.375 e. The molecule has 0 aliphatic rings. The lowest BCUT2D eigenvalue weighted by Crippen LogP contribution is -2.04. The summed E-state index contributed by atoms with van der Waals surface area (Å²) in [6, 6.07) is 10.2. The van der Waals surface area contributed by atoms with Gasteiger partial charge in [0.05, 0.1) is 4.92 Å². The maximum absolute atomic E-state index is 11.1. The molecule has 1 aromatic carbocycles. The van der Waals surface area contributed by atoms with Crippen molar-refractivity contribution in [1.29, 1.82) is 5.26 Å². The van der Waals surface area contributed by atoms with E-state index in [1.807, 2.05) is 25.1 Å². The third-order valence-electron chi connectivity index (χ3n) is 2.79. The molecule has 2 aromatic rings. The second kappa shape index (κ2) is 5.80. The Hall–Kier alpha value is -2.94. The SMILES string of the molecule is Cc1ccc(CNc2cccc(C#N)c2[N+](=O)[O-])cn1. The standard InChI is InChI=1S/C14H12N4O2/c1-10-5-6-11(8-16-10)9-17-13-4-2-3-12(7-15)14(13)18(19)20/h2-6,8,17H,9H2,1H3. The van der Waals surface area contributed by atoms with Gasteiger partial charge in [0, 0.05) is 18.4 Å². The van der Waals surface area contributed by atoms with Gasteiger partial charge in [0.25, 0.3) is 0 Å². The van der Waals surface area contributed by atoms with Crippen molar-refractivity contribution in [3.05, 3.63) is 63.5 Å². The van der Waals surface area contributed by atoms with E-state index in [-0.39, 0.29) is 11.3 Å². The molecule has 0 aliphatic heterocycles. The molecule has 0 amide bonds. The van der Waals surface area contributed by atoms with Crippen LogP contribution >= 0.6 is 0 Å². The van der Waals surface area contributed by atoms with Crippen molar-refractivity contribution in [2.75, 3.05) is 5.32 Å². The van der Waals surface area contributed by atoms with E-state index in [0.29, 0.717) is 12.2 Å². The maximum Gasteiger partial charge on any atom is 0.309 e. The molecule has 20 heavy (non-hydrogen) atoms. The fourth-order valence-electron chi connectivity index (χ4n) is 1.77. The van der Waals surface area contributed by atoms with Crippen molar-refractivity contribution in [2.24, 2.45) is 0 Å². The van der Waals surface area contributed by atoms with Gasteiger partial charge in [0.1, 0.15) is 17.3 Å². The Labute approximate surface area is 115 Å². The number of anilines is 1. The minimum atomic E-state index is -0.547. The summed E-state index contributed by atoms with van der Waals surface area (Å²) in [6.45, 7) is 2.29. The monoisotopic (exact) mass is 268 g/mol. The van der Waals surface area contributed by atoms with Gasteiger partial charge in [-0.2, -0.15) is 5.26 Å². The molecular weight excluding hydrogens is 256 g/mol. The summed E-state index contributed by atoms with van der Waals surface area (Å²) in [5.41, 5.74) is 1.99. The van der Waals surface area contributed by atoms with Gasteiger partial charge in [0.15, 0.2) is 0 Å². The Morgan fingerprint density at radius 2 is 2.20 bits per heavy atom. The Bertz CT molecular complexity index is 675. The molecule has 0 fully saturated rings. The van der Waals surface area contributed by atoms with E-state index in [4.69, 9.17) is 5.26 Å². The zero-order valence-corrected chi connectivity index (χ0v) is 10.8. The van der Waals surface area contributed by atoms with Crippen LogP contribution < -0.4 is 5.32 Å². The number of rotatable bonds is 4. The number of para-hydroxylation sites is 1. The zero-order valence-electron chi connectivity index (χ0n) is 10.8. The van der Waals surface area contributed by atoms with Crippen molar-refractivity contribution in [3.63, 3.8) is 0 Å². The van der Waals surface area contributed by atoms with Crippen molar-refractivity contribution < 1.29 is 4.92 Å². The van der Waals surface area contributed by atoms with Crippen molar-refractivity contribution in [3.8, 4) is 6.07 Å². The summed E-state index contributed by atoms with van der Waals surface area (Å²) < 4.78 is 0. The average Bonchev–Trinajstić information content (AvgIpc) is 2.46. The summed E-state index contributed by atoms with van der Waals surface area (Å²) >= 11 is 0. The predicted molar refractivity (Wildman–Crippen MR) is 74.1 cm³/mol. The number of aryl methyl sites for hydroxylation is 1. The molecule has 6 heteroatoms. The summed E-state index contributed by atoms with van der Waals surface area (Å²) in [6.07, 6.45) is 1.71. The molecule has 1 N–H and O–H groups in total. The first-order valence-electron chi connectivity index (χ1n) is 5.94. The van der Waals surface area contributed by atoms with Crippen molar-refractivity contribution in [2.45, 2.75) is 13.5 Å². The first-order chi connectivity index (χ1) is 9.61. The summed E-state index contributed by atoms with van der Waals surface area (Å²) in [7, 11) is 0. The van der Waals surface area contributed by atoms with Gasteiger partial charge in [0.2, 0.25) is 0 Å². The number of hydrogen-bond donors (Lipinski definition) is 1. The summed E-state index contributed by atoms with van der Waals surface area (Å²) in [5.74, 6) is 0. The lowest BCUT2D eigenvalue weighted by Gasteiger charge is -2.07. The van der Waals surface area contributed by atoms with E-state index in [9.17, 15) is 10.1 Å². The molecule has 0 saturated heterocycles. The molecule has 1 aromatic heterocycles. The van der Waals surface area contributed by atoms with Crippen LogP contribution in [0.3, 0.4) is 0 Å². The summed E-state index contributed by atoms with van der Waals surface area (Å²) in [5, 5.41) is 22.9. The second-order valence-electron chi connectivity index (χ2n) is 4.23. The largest absolute Gasteiger partial charge is 0.375 e. The first kappa shape index (κ1) is 13.5. The molecule has 0 saturated carbocycles. The Morgan fingerprint density at radius 3 is 2.80 bits per heavy atom.